The monoisotopic (exact) mass is 522 g/mol. The van der Waals surface area contributed by atoms with Gasteiger partial charge in [0.15, 0.2) is 11.6 Å². The van der Waals surface area contributed by atoms with Crippen LogP contribution in [0.15, 0.2) is 128 Å². The van der Waals surface area contributed by atoms with Crippen molar-refractivity contribution in [2.24, 2.45) is 0 Å². The number of hydrogen-bond donors (Lipinski definition) is 0. The molecule has 0 bridgehead atoms. The Bertz CT molecular complexity index is 1720. The summed E-state index contributed by atoms with van der Waals surface area (Å²) in [5.74, 6) is -0.746. The van der Waals surface area contributed by atoms with Crippen LogP contribution < -0.4 is 5.35 Å². The van der Waals surface area contributed by atoms with Crippen molar-refractivity contribution in [1.29, 1.82) is 0 Å². The summed E-state index contributed by atoms with van der Waals surface area (Å²) in [7, 11) is 0. The minimum atomic E-state index is -0.506. The first kappa shape index (κ1) is 25.1. The predicted octanol–water partition coefficient (Wildman–Crippen LogP) is 4.97. The first-order valence-corrected chi connectivity index (χ1v) is 13.2. The molecule has 6 aromatic rings. The molecule has 0 aliphatic heterocycles. The Balaban J connectivity index is 1.42. The smallest absolute Gasteiger partial charge is 0.255 e. The van der Waals surface area contributed by atoms with Crippen molar-refractivity contribution < 1.29 is 9.59 Å². The van der Waals surface area contributed by atoms with E-state index in [1.807, 2.05) is 121 Å². The molecule has 0 N–H and O–H groups in total. The van der Waals surface area contributed by atoms with E-state index < -0.39 is 11.8 Å². The second-order valence-corrected chi connectivity index (χ2v) is 9.64. The van der Waals surface area contributed by atoms with Gasteiger partial charge >= 0.3 is 0 Å². The van der Waals surface area contributed by atoms with Gasteiger partial charge in [0.2, 0.25) is 0 Å². The van der Waals surface area contributed by atoms with Gasteiger partial charge in [0.1, 0.15) is 6.33 Å². The Kier molecular flexibility index (Phi) is 7.05. The molecule has 0 fully saturated rings. The highest BCUT2D eigenvalue weighted by Crippen LogP contribution is 2.28. The van der Waals surface area contributed by atoms with Crippen molar-refractivity contribution in [2.45, 2.75) is 18.3 Å². The van der Waals surface area contributed by atoms with E-state index in [0.29, 0.717) is 16.8 Å². The van der Waals surface area contributed by atoms with Crippen molar-refractivity contribution in [1.82, 2.24) is 19.6 Å². The van der Waals surface area contributed by atoms with Crippen LogP contribution in [0.5, 0.6) is 0 Å². The van der Waals surface area contributed by atoms with Gasteiger partial charge in [-0.15, -0.1) is 10.2 Å². The van der Waals surface area contributed by atoms with E-state index in [4.69, 9.17) is 0 Å². The molecule has 6 rings (SSSR count). The topological polar surface area (TPSA) is 77.2 Å². The lowest BCUT2D eigenvalue weighted by molar-refractivity contribution is -0.119. The third kappa shape index (κ3) is 5.07. The molecule has 194 valence electrons. The Morgan fingerprint density at radius 1 is 0.650 bits per heavy atom. The molecule has 6 heteroatoms. The first-order chi connectivity index (χ1) is 19.7. The van der Waals surface area contributed by atoms with Gasteiger partial charge in [0.05, 0.1) is 29.3 Å². The minimum absolute atomic E-state index is 0.0177. The van der Waals surface area contributed by atoms with E-state index in [9.17, 15) is 9.59 Å². The SMILES string of the molecule is O=C(/C=c1/c(CC(=O)C(c2ccccc2)c2ccccc2)nc2nncn12)C(c1ccccc1)c1ccccc1. The lowest BCUT2D eigenvalue weighted by Gasteiger charge is -2.17. The third-order valence-corrected chi connectivity index (χ3v) is 7.08. The molecule has 0 saturated carbocycles. The quantitative estimate of drug-likeness (QED) is 0.268. The standard InChI is InChI=1S/C34H26N4O2/c39-30(32(24-13-5-1-6-14-24)25-15-7-2-8-16-25)21-28-29(38-23-35-37-34(38)36-28)22-31(40)33(26-17-9-3-10-18-26)27-19-11-4-12-20-27/h1-20,22-23,32-33H,21H2/b29-22-. The van der Waals surface area contributed by atoms with Crippen LogP contribution in [0.25, 0.3) is 11.9 Å². The number of benzene rings is 4. The maximum Gasteiger partial charge on any atom is 0.255 e. The van der Waals surface area contributed by atoms with Crippen LogP contribution in [0.3, 0.4) is 0 Å². The zero-order valence-electron chi connectivity index (χ0n) is 21.7. The van der Waals surface area contributed by atoms with Gasteiger partial charge in [-0.25, -0.2) is 4.98 Å². The Morgan fingerprint density at radius 3 is 1.57 bits per heavy atom. The summed E-state index contributed by atoms with van der Waals surface area (Å²) in [6, 6.07) is 38.9. The molecule has 0 amide bonds. The van der Waals surface area contributed by atoms with Crippen LogP contribution in [-0.4, -0.2) is 31.1 Å². The molecule has 0 radical (unpaired) electrons. The number of hydrogen-bond acceptors (Lipinski definition) is 5. The largest absolute Gasteiger partial charge is 0.298 e. The molecule has 0 atom stereocenters. The Labute approximate surface area is 231 Å². The van der Waals surface area contributed by atoms with E-state index in [1.165, 1.54) is 6.33 Å². The number of ketones is 2. The molecule has 0 unspecified atom stereocenters. The zero-order chi connectivity index (χ0) is 27.3. The number of carbonyl (C=O) groups is 2. The van der Waals surface area contributed by atoms with Crippen molar-refractivity contribution in [3.8, 4) is 0 Å². The highest BCUT2D eigenvalue weighted by atomic mass is 16.1. The number of nitrogens with zero attached hydrogens (tertiary/aromatic N) is 4. The summed E-state index contributed by atoms with van der Waals surface area (Å²) in [4.78, 5) is 32.5. The fourth-order valence-corrected chi connectivity index (χ4v) is 5.23. The molecule has 0 aliphatic rings. The highest BCUT2D eigenvalue weighted by Gasteiger charge is 2.26. The summed E-state index contributed by atoms with van der Waals surface area (Å²) < 4.78 is 1.67. The summed E-state index contributed by atoms with van der Waals surface area (Å²) in [5, 5.41) is 8.59. The molecule has 2 heterocycles. The van der Waals surface area contributed by atoms with E-state index >= 15 is 0 Å². The molecule has 0 aliphatic carbocycles. The van der Waals surface area contributed by atoms with E-state index in [1.54, 1.807) is 10.5 Å². The van der Waals surface area contributed by atoms with Crippen LogP contribution in [0, 0.1) is 0 Å². The number of rotatable bonds is 9. The van der Waals surface area contributed by atoms with Gasteiger partial charge in [-0.1, -0.05) is 121 Å². The second kappa shape index (κ2) is 11.3. The summed E-state index contributed by atoms with van der Waals surface area (Å²) >= 11 is 0. The molecule has 40 heavy (non-hydrogen) atoms. The third-order valence-electron chi connectivity index (χ3n) is 7.08. The molecule has 2 aromatic heterocycles. The van der Waals surface area contributed by atoms with Crippen LogP contribution in [-0.2, 0) is 16.0 Å². The number of fused-ring (bicyclic) bond motifs is 1. The fraction of sp³-hybridized carbons (Fsp3) is 0.0882. The van der Waals surface area contributed by atoms with Crippen LogP contribution in [0.4, 0.5) is 0 Å². The first-order valence-electron chi connectivity index (χ1n) is 13.2. The summed E-state index contributed by atoms with van der Waals surface area (Å²) in [5.41, 5.74) is 4.10. The van der Waals surface area contributed by atoms with Gasteiger partial charge in [0, 0.05) is 6.08 Å². The minimum Gasteiger partial charge on any atom is -0.298 e. The van der Waals surface area contributed by atoms with Gasteiger partial charge in [-0.3, -0.25) is 14.0 Å². The Hall–Kier alpha value is -5.23. The van der Waals surface area contributed by atoms with E-state index in [-0.39, 0.29) is 18.0 Å². The van der Waals surface area contributed by atoms with Gasteiger partial charge < -0.3 is 0 Å². The van der Waals surface area contributed by atoms with E-state index in [2.05, 4.69) is 15.2 Å². The number of aromatic nitrogens is 4. The highest BCUT2D eigenvalue weighted by molar-refractivity contribution is 6.11. The lowest BCUT2D eigenvalue weighted by atomic mass is 9.85. The van der Waals surface area contributed by atoms with Crippen LogP contribution >= 0.6 is 0 Å². The van der Waals surface area contributed by atoms with Gasteiger partial charge in [-0.05, 0) is 22.3 Å². The molecule has 6 nitrogen and oxygen atoms in total. The number of Topliss-reactive ketones (excluding diaryl/α,β-unsaturated/α-hetero) is 2. The van der Waals surface area contributed by atoms with Crippen molar-refractivity contribution in [3.05, 3.63) is 161 Å². The van der Waals surface area contributed by atoms with Gasteiger partial charge in [-0.2, -0.15) is 0 Å². The Morgan fingerprint density at radius 2 is 1.10 bits per heavy atom. The molecular formula is C34H26N4O2. The molecule has 0 spiro atoms. The molecular weight excluding hydrogens is 496 g/mol. The van der Waals surface area contributed by atoms with E-state index in [0.717, 1.165) is 22.3 Å². The molecule has 0 saturated heterocycles. The lowest BCUT2D eigenvalue weighted by Crippen LogP contribution is -2.24. The fourth-order valence-electron chi connectivity index (χ4n) is 5.23. The van der Waals surface area contributed by atoms with Crippen molar-refractivity contribution in [2.75, 3.05) is 0 Å². The maximum absolute atomic E-state index is 14.0. The average Bonchev–Trinajstić information content (AvgIpc) is 3.58. The number of carbonyl (C=O) groups excluding carboxylic acids is 2. The maximum atomic E-state index is 14.0. The van der Waals surface area contributed by atoms with Crippen LogP contribution in [0.2, 0.25) is 0 Å². The predicted molar refractivity (Wildman–Crippen MR) is 154 cm³/mol. The second-order valence-electron chi connectivity index (χ2n) is 9.64. The summed E-state index contributed by atoms with van der Waals surface area (Å²) in [6.07, 6.45) is 3.15. The summed E-state index contributed by atoms with van der Waals surface area (Å²) in [6.45, 7) is 0. The molecule has 4 aromatic carbocycles. The average molecular weight is 523 g/mol. The van der Waals surface area contributed by atoms with Crippen molar-refractivity contribution in [3.63, 3.8) is 0 Å². The zero-order valence-corrected chi connectivity index (χ0v) is 21.7. The number of imidazole rings is 1. The van der Waals surface area contributed by atoms with Gasteiger partial charge in [0.25, 0.3) is 5.78 Å². The normalized spacial score (nSPS) is 11.9. The van der Waals surface area contributed by atoms with Crippen molar-refractivity contribution >= 4 is 23.4 Å². The van der Waals surface area contributed by atoms with Crippen LogP contribution in [0.1, 0.15) is 39.8 Å².